The Morgan fingerprint density at radius 3 is 2.47 bits per heavy atom. The maximum absolute atomic E-state index is 4.45. The highest BCUT2D eigenvalue weighted by molar-refractivity contribution is 5.11. The van der Waals surface area contributed by atoms with Gasteiger partial charge in [0.15, 0.2) is 0 Å². The van der Waals surface area contributed by atoms with Gasteiger partial charge in [0, 0.05) is 12.2 Å². The Balaban J connectivity index is 2.48. The molecule has 1 heterocycles. The van der Waals surface area contributed by atoms with Crippen LogP contribution in [0.15, 0.2) is 12.4 Å². The average molecular weight is 236 g/mol. The topological polar surface area (TPSA) is 17.8 Å². The highest BCUT2D eigenvalue weighted by Gasteiger charge is 2.12. The maximum atomic E-state index is 4.45. The smallest absolute Gasteiger partial charge is 0.0524 e. The summed E-state index contributed by atoms with van der Waals surface area (Å²) in [5.41, 5.74) is 1.43. The molecule has 2 nitrogen and oxygen atoms in total. The van der Waals surface area contributed by atoms with Crippen molar-refractivity contribution in [2.45, 2.75) is 78.2 Å². The molecule has 0 N–H and O–H groups in total. The van der Waals surface area contributed by atoms with E-state index in [-0.39, 0.29) is 0 Å². The number of hydrogen-bond acceptors (Lipinski definition) is 1. The Hall–Kier alpha value is -0.790. The van der Waals surface area contributed by atoms with Gasteiger partial charge in [-0.1, -0.05) is 39.5 Å². The first-order valence-corrected chi connectivity index (χ1v) is 7.23. The van der Waals surface area contributed by atoms with Crippen LogP contribution in [0.25, 0.3) is 0 Å². The van der Waals surface area contributed by atoms with Crippen LogP contribution in [-0.2, 0) is 0 Å². The largest absolute Gasteiger partial charge is 0.270 e. The van der Waals surface area contributed by atoms with Crippen LogP contribution in [0.2, 0.25) is 0 Å². The first kappa shape index (κ1) is 14.3. The molecule has 1 atom stereocenters. The molecule has 0 aromatic carbocycles. The van der Waals surface area contributed by atoms with Gasteiger partial charge in [-0.3, -0.25) is 4.68 Å². The molecular formula is C15H28N2. The molecule has 0 radical (unpaired) electrons. The van der Waals surface area contributed by atoms with Gasteiger partial charge in [0.25, 0.3) is 0 Å². The lowest BCUT2D eigenvalue weighted by Crippen LogP contribution is -2.01. The highest BCUT2D eigenvalue weighted by Crippen LogP contribution is 2.26. The SMILES string of the molecule is CCCCCCC(CC)c1cnn(C(C)C)c1. The predicted octanol–water partition coefficient (Wildman–Crippen LogP) is 4.93. The molecule has 2 heteroatoms. The third kappa shape index (κ3) is 4.53. The van der Waals surface area contributed by atoms with E-state index in [0.29, 0.717) is 12.0 Å². The van der Waals surface area contributed by atoms with Gasteiger partial charge in [0.05, 0.1) is 6.20 Å². The van der Waals surface area contributed by atoms with Crippen LogP contribution in [0.1, 0.15) is 83.7 Å². The number of hydrogen-bond donors (Lipinski definition) is 0. The molecule has 1 aromatic rings. The first-order chi connectivity index (χ1) is 8.19. The number of nitrogens with zero attached hydrogens (tertiary/aromatic N) is 2. The van der Waals surface area contributed by atoms with E-state index >= 15 is 0 Å². The van der Waals surface area contributed by atoms with Crippen LogP contribution in [0.3, 0.4) is 0 Å². The minimum Gasteiger partial charge on any atom is -0.270 e. The molecule has 98 valence electrons. The summed E-state index contributed by atoms with van der Waals surface area (Å²) < 4.78 is 2.07. The van der Waals surface area contributed by atoms with Crippen molar-refractivity contribution in [3.05, 3.63) is 18.0 Å². The van der Waals surface area contributed by atoms with Crippen LogP contribution in [0, 0.1) is 0 Å². The van der Waals surface area contributed by atoms with Crippen molar-refractivity contribution in [1.29, 1.82) is 0 Å². The van der Waals surface area contributed by atoms with Gasteiger partial charge in [0.1, 0.15) is 0 Å². The lowest BCUT2D eigenvalue weighted by Gasteiger charge is -2.12. The van der Waals surface area contributed by atoms with Crippen LogP contribution in [-0.4, -0.2) is 9.78 Å². The third-order valence-corrected chi connectivity index (χ3v) is 3.52. The summed E-state index contributed by atoms with van der Waals surface area (Å²) in [6, 6.07) is 0.473. The summed E-state index contributed by atoms with van der Waals surface area (Å²) in [5.74, 6) is 0.708. The molecule has 1 aromatic heterocycles. The minimum atomic E-state index is 0.473. The fourth-order valence-electron chi connectivity index (χ4n) is 2.27. The normalized spacial score (nSPS) is 13.2. The maximum Gasteiger partial charge on any atom is 0.0524 e. The Labute approximate surface area is 106 Å². The summed E-state index contributed by atoms with van der Waals surface area (Å²) in [4.78, 5) is 0. The predicted molar refractivity (Wildman–Crippen MR) is 74.4 cm³/mol. The Kier molecular flexibility index (Phi) is 6.31. The molecule has 1 rings (SSSR count). The molecule has 0 spiro atoms. The first-order valence-electron chi connectivity index (χ1n) is 7.23. The quantitative estimate of drug-likeness (QED) is 0.585. The summed E-state index contributed by atoms with van der Waals surface area (Å²) in [6.45, 7) is 8.92. The van der Waals surface area contributed by atoms with E-state index in [1.54, 1.807) is 0 Å². The zero-order chi connectivity index (χ0) is 12.7. The summed E-state index contributed by atoms with van der Waals surface area (Å²) in [5, 5.41) is 4.45. The molecule has 0 saturated heterocycles. The third-order valence-electron chi connectivity index (χ3n) is 3.52. The number of rotatable bonds is 8. The second-order valence-electron chi connectivity index (χ2n) is 5.30. The van der Waals surface area contributed by atoms with E-state index in [4.69, 9.17) is 0 Å². The zero-order valence-corrected chi connectivity index (χ0v) is 11.9. The molecule has 0 aliphatic rings. The minimum absolute atomic E-state index is 0.473. The molecule has 0 fully saturated rings. The summed E-state index contributed by atoms with van der Waals surface area (Å²) in [7, 11) is 0. The monoisotopic (exact) mass is 236 g/mol. The van der Waals surface area contributed by atoms with E-state index in [0.717, 1.165) is 0 Å². The van der Waals surface area contributed by atoms with Crippen molar-refractivity contribution in [2.75, 3.05) is 0 Å². The molecule has 0 aliphatic carbocycles. The molecule has 0 amide bonds. The number of unbranched alkanes of at least 4 members (excludes halogenated alkanes) is 3. The lowest BCUT2D eigenvalue weighted by molar-refractivity contribution is 0.525. The van der Waals surface area contributed by atoms with Gasteiger partial charge in [-0.05, 0) is 38.2 Å². The van der Waals surface area contributed by atoms with Gasteiger partial charge in [-0.15, -0.1) is 0 Å². The Morgan fingerprint density at radius 1 is 1.18 bits per heavy atom. The van der Waals surface area contributed by atoms with E-state index in [2.05, 4.69) is 49.9 Å². The Morgan fingerprint density at radius 2 is 1.94 bits per heavy atom. The van der Waals surface area contributed by atoms with E-state index in [1.165, 1.54) is 44.1 Å². The second-order valence-corrected chi connectivity index (χ2v) is 5.30. The van der Waals surface area contributed by atoms with E-state index in [9.17, 15) is 0 Å². The lowest BCUT2D eigenvalue weighted by atomic mass is 9.93. The second kappa shape index (κ2) is 7.52. The van der Waals surface area contributed by atoms with Gasteiger partial charge in [0.2, 0.25) is 0 Å². The van der Waals surface area contributed by atoms with Crippen LogP contribution < -0.4 is 0 Å². The van der Waals surface area contributed by atoms with Crippen LogP contribution >= 0.6 is 0 Å². The van der Waals surface area contributed by atoms with E-state index < -0.39 is 0 Å². The standard InChI is InChI=1S/C15H28N2/c1-5-7-8-9-10-14(6-2)15-11-16-17(12-15)13(3)4/h11-14H,5-10H2,1-4H3. The van der Waals surface area contributed by atoms with Gasteiger partial charge in [-0.25, -0.2) is 0 Å². The van der Waals surface area contributed by atoms with E-state index in [1.807, 2.05) is 0 Å². The number of aromatic nitrogens is 2. The summed E-state index contributed by atoms with van der Waals surface area (Å²) >= 11 is 0. The highest BCUT2D eigenvalue weighted by atomic mass is 15.3. The van der Waals surface area contributed by atoms with Crippen molar-refractivity contribution < 1.29 is 0 Å². The fourth-order valence-corrected chi connectivity index (χ4v) is 2.27. The molecule has 0 aliphatic heterocycles. The van der Waals surface area contributed by atoms with Crippen LogP contribution in [0.4, 0.5) is 0 Å². The molecule has 0 bridgehead atoms. The molecule has 0 saturated carbocycles. The van der Waals surface area contributed by atoms with Crippen molar-refractivity contribution in [1.82, 2.24) is 9.78 Å². The molecule has 17 heavy (non-hydrogen) atoms. The Bertz CT molecular complexity index is 302. The van der Waals surface area contributed by atoms with Crippen molar-refractivity contribution >= 4 is 0 Å². The van der Waals surface area contributed by atoms with Gasteiger partial charge < -0.3 is 0 Å². The molecular weight excluding hydrogens is 208 g/mol. The molecule has 1 unspecified atom stereocenters. The van der Waals surface area contributed by atoms with Crippen molar-refractivity contribution in [3.63, 3.8) is 0 Å². The van der Waals surface area contributed by atoms with Crippen LogP contribution in [0.5, 0.6) is 0 Å². The average Bonchev–Trinajstić information content (AvgIpc) is 2.79. The van der Waals surface area contributed by atoms with Gasteiger partial charge >= 0.3 is 0 Å². The van der Waals surface area contributed by atoms with Gasteiger partial charge in [-0.2, -0.15) is 5.10 Å². The fraction of sp³-hybridized carbons (Fsp3) is 0.800. The summed E-state index contributed by atoms with van der Waals surface area (Å²) in [6.07, 6.45) is 12.3. The van der Waals surface area contributed by atoms with Crippen molar-refractivity contribution in [3.8, 4) is 0 Å². The van der Waals surface area contributed by atoms with Crippen molar-refractivity contribution in [2.24, 2.45) is 0 Å². The zero-order valence-electron chi connectivity index (χ0n) is 11.9.